The monoisotopic (exact) mass is 275 g/mol. The molecule has 78 valence electrons. The lowest BCUT2D eigenvalue weighted by Gasteiger charge is -2.03. The molecule has 0 fully saturated rings. The van der Waals surface area contributed by atoms with Crippen LogP contribution in [0.15, 0.2) is 6.20 Å². The van der Waals surface area contributed by atoms with E-state index in [1.807, 2.05) is 0 Å². The molecule has 1 rings (SSSR count). The molecule has 4 heteroatoms. The summed E-state index contributed by atoms with van der Waals surface area (Å²) in [4.78, 5) is 16.3. The number of carbonyl (C=O) groups is 1. The minimum atomic E-state index is 0.101. The first-order chi connectivity index (χ1) is 6.65. The minimum Gasteiger partial charge on any atom is -0.294 e. The highest BCUT2D eigenvalue weighted by atomic mass is 79.9. The third kappa shape index (κ3) is 3.17. The van der Waals surface area contributed by atoms with Gasteiger partial charge in [-0.15, -0.1) is 11.3 Å². The maximum atomic E-state index is 11.1. The molecule has 0 bridgehead atoms. The van der Waals surface area contributed by atoms with Crippen LogP contribution in [-0.2, 0) is 0 Å². The first-order valence-electron chi connectivity index (χ1n) is 4.76. The number of aromatic nitrogens is 1. The van der Waals surface area contributed by atoms with Gasteiger partial charge in [-0.1, -0.05) is 35.7 Å². The molecule has 1 aromatic heterocycles. The van der Waals surface area contributed by atoms with Crippen molar-refractivity contribution in [3.63, 3.8) is 0 Å². The number of unbranched alkanes of at least 4 members (excludes halogenated alkanes) is 1. The standard InChI is InChI=1S/C10H14BrNOS/c1-3-4-5-8(11)10-12-6-9(14-10)7(2)13/h6,8H,3-5H2,1-2H3. The topological polar surface area (TPSA) is 30.0 Å². The highest BCUT2D eigenvalue weighted by Crippen LogP contribution is 2.31. The Hall–Kier alpha value is -0.220. The van der Waals surface area contributed by atoms with Gasteiger partial charge in [0.2, 0.25) is 0 Å². The third-order valence-electron chi connectivity index (χ3n) is 1.95. The van der Waals surface area contributed by atoms with Gasteiger partial charge < -0.3 is 0 Å². The molecule has 0 spiro atoms. The average molecular weight is 276 g/mol. The number of alkyl halides is 1. The first-order valence-corrected chi connectivity index (χ1v) is 6.49. The van der Waals surface area contributed by atoms with E-state index in [0.717, 1.165) is 16.3 Å². The highest BCUT2D eigenvalue weighted by Gasteiger charge is 2.13. The summed E-state index contributed by atoms with van der Waals surface area (Å²) in [5.41, 5.74) is 0. The number of hydrogen-bond donors (Lipinski definition) is 0. The number of halogens is 1. The Balaban J connectivity index is 2.61. The number of Topliss-reactive ketones (excluding diaryl/α,β-unsaturated/α-hetero) is 1. The predicted octanol–water partition coefficient (Wildman–Crippen LogP) is 3.97. The molecule has 1 heterocycles. The fourth-order valence-electron chi connectivity index (χ4n) is 1.10. The van der Waals surface area contributed by atoms with Crippen molar-refractivity contribution in [2.45, 2.75) is 37.9 Å². The van der Waals surface area contributed by atoms with Crippen molar-refractivity contribution in [1.82, 2.24) is 4.98 Å². The molecule has 1 unspecified atom stereocenters. The van der Waals surface area contributed by atoms with Crippen LogP contribution in [-0.4, -0.2) is 10.8 Å². The predicted molar refractivity (Wildman–Crippen MR) is 63.3 cm³/mol. The largest absolute Gasteiger partial charge is 0.294 e. The molecule has 1 aromatic rings. The normalized spacial score (nSPS) is 12.8. The van der Waals surface area contributed by atoms with Crippen molar-refractivity contribution in [3.05, 3.63) is 16.1 Å². The van der Waals surface area contributed by atoms with Crippen LogP contribution < -0.4 is 0 Å². The Morgan fingerprint density at radius 1 is 1.71 bits per heavy atom. The summed E-state index contributed by atoms with van der Waals surface area (Å²) in [7, 11) is 0. The maximum absolute atomic E-state index is 11.1. The second-order valence-electron chi connectivity index (χ2n) is 3.23. The lowest BCUT2D eigenvalue weighted by atomic mass is 10.2. The van der Waals surface area contributed by atoms with Crippen LogP contribution in [0.25, 0.3) is 0 Å². The quantitative estimate of drug-likeness (QED) is 0.601. The van der Waals surface area contributed by atoms with Crippen LogP contribution in [0.3, 0.4) is 0 Å². The van der Waals surface area contributed by atoms with Crippen LogP contribution in [0.1, 0.15) is 52.6 Å². The lowest BCUT2D eigenvalue weighted by molar-refractivity contribution is 0.102. The van der Waals surface area contributed by atoms with E-state index in [2.05, 4.69) is 27.8 Å². The number of rotatable bonds is 5. The lowest BCUT2D eigenvalue weighted by Crippen LogP contribution is -1.87. The first kappa shape index (κ1) is 11.9. The van der Waals surface area contributed by atoms with Gasteiger partial charge in [0.1, 0.15) is 5.01 Å². The summed E-state index contributed by atoms with van der Waals surface area (Å²) in [6.07, 6.45) is 5.13. The number of thiazole rings is 1. The Morgan fingerprint density at radius 3 is 2.93 bits per heavy atom. The van der Waals surface area contributed by atoms with E-state index >= 15 is 0 Å². The van der Waals surface area contributed by atoms with Crippen molar-refractivity contribution in [2.75, 3.05) is 0 Å². The molecule has 0 aliphatic rings. The van der Waals surface area contributed by atoms with E-state index in [1.165, 1.54) is 24.2 Å². The van der Waals surface area contributed by atoms with E-state index in [1.54, 1.807) is 13.1 Å². The summed E-state index contributed by atoms with van der Waals surface area (Å²) < 4.78 is 0. The zero-order valence-electron chi connectivity index (χ0n) is 8.42. The zero-order valence-corrected chi connectivity index (χ0v) is 10.8. The van der Waals surface area contributed by atoms with E-state index in [9.17, 15) is 4.79 Å². The highest BCUT2D eigenvalue weighted by molar-refractivity contribution is 9.09. The molecule has 0 saturated carbocycles. The number of nitrogens with zero attached hydrogens (tertiary/aromatic N) is 1. The number of ketones is 1. The molecule has 0 aliphatic carbocycles. The number of hydrogen-bond acceptors (Lipinski definition) is 3. The van der Waals surface area contributed by atoms with E-state index in [0.29, 0.717) is 4.83 Å². The van der Waals surface area contributed by atoms with Gasteiger partial charge in [0.15, 0.2) is 5.78 Å². The van der Waals surface area contributed by atoms with Gasteiger partial charge in [-0.2, -0.15) is 0 Å². The van der Waals surface area contributed by atoms with Gasteiger partial charge in [-0.05, 0) is 6.42 Å². The molecule has 0 aliphatic heterocycles. The van der Waals surface area contributed by atoms with Crippen molar-refractivity contribution < 1.29 is 4.79 Å². The van der Waals surface area contributed by atoms with E-state index < -0.39 is 0 Å². The van der Waals surface area contributed by atoms with Crippen LogP contribution in [0.4, 0.5) is 0 Å². The third-order valence-corrected chi connectivity index (χ3v) is 4.36. The zero-order chi connectivity index (χ0) is 10.6. The van der Waals surface area contributed by atoms with Crippen molar-refractivity contribution in [1.29, 1.82) is 0 Å². The van der Waals surface area contributed by atoms with Gasteiger partial charge in [0.25, 0.3) is 0 Å². The second kappa shape index (κ2) is 5.61. The van der Waals surface area contributed by atoms with Gasteiger partial charge in [0, 0.05) is 13.1 Å². The van der Waals surface area contributed by atoms with Gasteiger partial charge in [0.05, 0.1) is 9.70 Å². The molecule has 1 atom stereocenters. The summed E-state index contributed by atoms with van der Waals surface area (Å²) in [6, 6.07) is 0. The Kier molecular flexibility index (Phi) is 4.75. The number of carbonyl (C=O) groups excluding carboxylic acids is 1. The SMILES string of the molecule is CCCCC(Br)c1ncc(C(C)=O)s1. The minimum absolute atomic E-state index is 0.101. The summed E-state index contributed by atoms with van der Waals surface area (Å²) >= 11 is 5.08. The average Bonchev–Trinajstić information content (AvgIpc) is 2.62. The molecular formula is C10H14BrNOS. The molecule has 14 heavy (non-hydrogen) atoms. The van der Waals surface area contributed by atoms with E-state index in [-0.39, 0.29) is 5.78 Å². The smallest absolute Gasteiger partial charge is 0.171 e. The second-order valence-corrected chi connectivity index (χ2v) is 5.40. The Bertz CT molecular complexity index is 311. The summed E-state index contributed by atoms with van der Waals surface area (Å²) in [5, 5.41) is 1.02. The Morgan fingerprint density at radius 2 is 2.43 bits per heavy atom. The molecule has 0 radical (unpaired) electrons. The molecule has 0 amide bonds. The van der Waals surface area contributed by atoms with Gasteiger partial charge in [-0.25, -0.2) is 4.98 Å². The van der Waals surface area contributed by atoms with Gasteiger partial charge >= 0.3 is 0 Å². The van der Waals surface area contributed by atoms with Crippen molar-refractivity contribution in [2.24, 2.45) is 0 Å². The Labute approximate surface area is 96.9 Å². The molecule has 0 N–H and O–H groups in total. The summed E-state index contributed by atoms with van der Waals surface area (Å²) in [6.45, 7) is 3.75. The van der Waals surface area contributed by atoms with Gasteiger partial charge in [-0.3, -0.25) is 4.79 Å². The van der Waals surface area contributed by atoms with Crippen LogP contribution in [0, 0.1) is 0 Å². The van der Waals surface area contributed by atoms with E-state index in [4.69, 9.17) is 0 Å². The van der Waals surface area contributed by atoms with Crippen LogP contribution in [0.2, 0.25) is 0 Å². The van der Waals surface area contributed by atoms with Crippen LogP contribution >= 0.6 is 27.3 Å². The molecule has 2 nitrogen and oxygen atoms in total. The summed E-state index contributed by atoms with van der Waals surface area (Å²) in [5.74, 6) is 0.101. The van der Waals surface area contributed by atoms with Crippen molar-refractivity contribution in [3.8, 4) is 0 Å². The van der Waals surface area contributed by atoms with Crippen LogP contribution in [0.5, 0.6) is 0 Å². The fourth-order valence-corrected chi connectivity index (χ4v) is 2.65. The maximum Gasteiger partial charge on any atom is 0.171 e. The molecule has 0 saturated heterocycles. The molecular weight excluding hydrogens is 262 g/mol. The molecule has 0 aromatic carbocycles. The fraction of sp³-hybridized carbons (Fsp3) is 0.600. The van der Waals surface area contributed by atoms with Crippen molar-refractivity contribution >= 4 is 33.0 Å².